The van der Waals surface area contributed by atoms with Gasteiger partial charge in [-0.25, -0.2) is 0 Å². The van der Waals surface area contributed by atoms with Crippen LogP contribution in [0.25, 0.3) is 0 Å². The van der Waals surface area contributed by atoms with E-state index >= 15 is 0 Å². The van der Waals surface area contributed by atoms with E-state index in [2.05, 4.69) is 10.6 Å². The van der Waals surface area contributed by atoms with Crippen molar-refractivity contribution in [2.24, 2.45) is 0 Å². The smallest absolute Gasteiger partial charge is 0.263 e. The summed E-state index contributed by atoms with van der Waals surface area (Å²) in [4.78, 5) is 11.9. The third kappa shape index (κ3) is 4.38. The highest BCUT2D eigenvalue weighted by atomic mass is 35.5. The molecule has 0 aromatic heterocycles. The van der Waals surface area contributed by atoms with Crippen LogP contribution in [0.4, 0.5) is 11.4 Å². The quantitative estimate of drug-likeness (QED) is 0.438. The molecule has 1 aromatic carbocycles. The van der Waals surface area contributed by atoms with Gasteiger partial charge < -0.3 is 21.1 Å². The lowest BCUT2D eigenvalue weighted by molar-refractivity contribution is -0.117. The van der Waals surface area contributed by atoms with Gasteiger partial charge >= 0.3 is 0 Å². The number of hydrogen-bond acceptors (Lipinski definition) is 5. The van der Waals surface area contributed by atoms with Crippen LogP contribution in [0.3, 0.4) is 0 Å². The van der Waals surface area contributed by atoms with E-state index in [0.717, 1.165) is 19.4 Å². The standard InChI is InChI=1S/C15H17ClN4O2/c16-13-6-11(3-4-14(13)18)19-8-10(7-17)15(21)20-9-12-2-1-5-22-12/h3-4,6,8,12,19H,1-2,5,9,18H2,(H,20,21)/b10-8-. The van der Waals surface area contributed by atoms with Gasteiger partial charge in [0.1, 0.15) is 11.6 Å². The summed E-state index contributed by atoms with van der Waals surface area (Å²) in [5.41, 5.74) is 6.69. The maximum atomic E-state index is 11.9. The summed E-state index contributed by atoms with van der Waals surface area (Å²) in [5, 5.41) is 15.0. The number of nitrogens with one attached hydrogen (secondary N) is 2. The van der Waals surface area contributed by atoms with E-state index in [1.54, 1.807) is 18.2 Å². The predicted molar refractivity (Wildman–Crippen MR) is 85.2 cm³/mol. The molecule has 1 unspecified atom stereocenters. The maximum Gasteiger partial charge on any atom is 0.263 e. The Morgan fingerprint density at radius 3 is 3.05 bits per heavy atom. The van der Waals surface area contributed by atoms with E-state index in [9.17, 15) is 4.79 Å². The van der Waals surface area contributed by atoms with Gasteiger partial charge in [-0.05, 0) is 31.0 Å². The Morgan fingerprint density at radius 2 is 2.41 bits per heavy atom. The topological polar surface area (TPSA) is 100 Å². The average molecular weight is 321 g/mol. The van der Waals surface area contributed by atoms with E-state index in [4.69, 9.17) is 27.3 Å². The average Bonchev–Trinajstić information content (AvgIpc) is 3.02. The number of carbonyl (C=O) groups excluding carboxylic acids is 1. The lowest BCUT2D eigenvalue weighted by Gasteiger charge is -2.10. The van der Waals surface area contributed by atoms with Gasteiger partial charge in [-0.2, -0.15) is 5.26 Å². The van der Waals surface area contributed by atoms with E-state index in [1.165, 1.54) is 6.20 Å². The first-order chi connectivity index (χ1) is 10.6. The summed E-state index contributed by atoms with van der Waals surface area (Å²) in [5.74, 6) is -0.438. The van der Waals surface area contributed by atoms with Gasteiger partial charge in [0.15, 0.2) is 0 Å². The highest BCUT2D eigenvalue weighted by molar-refractivity contribution is 6.33. The second-order valence-corrected chi connectivity index (χ2v) is 5.30. The number of benzene rings is 1. The zero-order chi connectivity index (χ0) is 15.9. The van der Waals surface area contributed by atoms with Crippen molar-refractivity contribution in [1.82, 2.24) is 5.32 Å². The van der Waals surface area contributed by atoms with Gasteiger partial charge in [0.25, 0.3) is 5.91 Å². The molecule has 1 aliphatic heterocycles. The number of anilines is 2. The Labute approximate surface area is 133 Å². The third-order valence-corrected chi connectivity index (χ3v) is 3.59. The molecule has 0 radical (unpaired) electrons. The molecule has 0 aliphatic carbocycles. The first-order valence-corrected chi connectivity index (χ1v) is 7.29. The minimum absolute atomic E-state index is 0.0223. The molecule has 1 atom stereocenters. The molecular formula is C15H17ClN4O2. The second kappa shape index (κ2) is 7.69. The Bertz CT molecular complexity index is 618. The summed E-state index contributed by atoms with van der Waals surface area (Å²) in [6, 6.07) is 6.83. The molecule has 0 bridgehead atoms. The van der Waals surface area contributed by atoms with E-state index < -0.39 is 5.91 Å². The van der Waals surface area contributed by atoms with E-state index in [1.807, 2.05) is 6.07 Å². The normalized spacial score (nSPS) is 17.8. The molecule has 6 nitrogen and oxygen atoms in total. The lowest BCUT2D eigenvalue weighted by Crippen LogP contribution is -2.32. The van der Waals surface area contributed by atoms with Gasteiger partial charge in [-0.1, -0.05) is 11.6 Å². The Morgan fingerprint density at radius 1 is 1.59 bits per heavy atom. The fourth-order valence-electron chi connectivity index (χ4n) is 2.03. The molecule has 1 saturated heterocycles. The van der Waals surface area contributed by atoms with Crippen molar-refractivity contribution in [2.75, 3.05) is 24.2 Å². The number of amides is 1. The molecule has 7 heteroatoms. The molecule has 0 spiro atoms. The summed E-state index contributed by atoms with van der Waals surface area (Å²) < 4.78 is 5.41. The van der Waals surface area contributed by atoms with Crippen LogP contribution in [-0.4, -0.2) is 25.2 Å². The molecular weight excluding hydrogens is 304 g/mol. The molecule has 1 amide bonds. The van der Waals surface area contributed by atoms with Gasteiger partial charge in [-0.15, -0.1) is 0 Å². The highest BCUT2D eigenvalue weighted by Crippen LogP contribution is 2.22. The summed E-state index contributed by atoms with van der Waals surface area (Å²) in [6.45, 7) is 1.13. The first-order valence-electron chi connectivity index (χ1n) is 6.92. The minimum atomic E-state index is -0.438. The lowest BCUT2D eigenvalue weighted by atomic mass is 10.2. The monoisotopic (exact) mass is 320 g/mol. The van der Waals surface area contributed by atoms with E-state index in [0.29, 0.717) is 22.9 Å². The van der Waals surface area contributed by atoms with Crippen molar-refractivity contribution in [1.29, 1.82) is 5.26 Å². The Kier molecular flexibility index (Phi) is 5.64. The summed E-state index contributed by atoms with van der Waals surface area (Å²) in [7, 11) is 0. The zero-order valence-corrected chi connectivity index (χ0v) is 12.7. The largest absolute Gasteiger partial charge is 0.398 e. The fraction of sp³-hybridized carbons (Fsp3) is 0.333. The van der Waals surface area contributed by atoms with Crippen molar-refractivity contribution < 1.29 is 9.53 Å². The Balaban J connectivity index is 1.92. The molecule has 1 aromatic rings. The molecule has 1 heterocycles. The van der Waals surface area contributed by atoms with Crippen LogP contribution >= 0.6 is 11.6 Å². The highest BCUT2D eigenvalue weighted by Gasteiger charge is 2.17. The zero-order valence-electron chi connectivity index (χ0n) is 11.9. The summed E-state index contributed by atoms with van der Waals surface area (Å²) in [6.07, 6.45) is 3.30. The number of nitriles is 1. The number of carbonyl (C=O) groups is 1. The van der Waals surface area contributed by atoms with Crippen LogP contribution < -0.4 is 16.4 Å². The minimum Gasteiger partial charge on any atom is -0.398 e. The van der Waals surface area contributed by atoms with Crippen LogP contribution in [0.2, 0.25) is 5.02 Å². The first kappa shape index (κ1) is 16.1. The second-order valence-electron chi connectivity index (χ2n) is 4.90. The van der Waals surface area contributed by atoms with Gasteiger partial charge in [0.2, 0.25) is 0 Å². The predicted octanol–water partition coefficient (Wildman–Crippen LogP) is 2.04. The van der Waals surface area contributed by atoms with Crippen LogP contribution in [0.15, 0.2) is 30.0 Å². The van der Waals surface area contributed by atoms with Crippen molar-refractivity contribution >= 4 is 28.9 Å². The number of halogens is 1. The third-order valence-electron chi connectivity index (χ3n) is 3.26. The number of nitrogens with two attached hydrogens (primary N) is 1. The van der Waals surface area contributed by atoms with E-state index in [-0.39, 0.29) is 11.7 Å². The Hall–Kier alpha value is -2.23. The molecule has 1 aliphatic rings. The maximum absolute atomic E-state index is 11.9. The van der Waals surface area contributed by atoms with Gasteiger partial charge in [0, 0.05) is 25.0 Å². The number of nitrogen functional groups attached to an aromatic ring is 1. The molecule has 0 saturated carbocycles. The summed E-state index contributed by atoms with van der Waals surface area (Å²) >= 11 is 5.90. The molecule has 116 valence electrons. The van der Waals surface area contributed by atoms with Crippen LogP contribution in [0, 0.1) is 11.3 Å². The van der Waals surface area contributed by atoms with Crippen LogP contribution in [0.5, 0.6) is 0 Å². The molecule has 1 fully saturated rings. The van der Waals surface area contributed by atoms with Crippen LogP contribution in [0.1, 0.15) is 12.8 Å². The number of nitrogens with zero attached hydrogens (tertiary/aromatic N) is 1. The van der Waals surface area contributed by atoms with Crippen molar-refractivity contribution in [3.63, 3.8) is 0 Å². The van der Waals surface area contributed by atoms with Crippen LogP contribution in [-0.2, 0) is 9.53 Å². The molecule has 2 rings (SSSR count). The molecule has 22 heavy (non-hydrogen) atoms. The van der Waals surface area contributed by atoms with Gasteiger partial charge in [0.05, 0.1) is 16.8 Å². The number of ether oxygens (including phenoxy) is 1. The SMILES string of the molecule is N#C/C(=C/Nc1ccc(N)c(Cl)c1)C(=O)NCC1CCCO1. The van der Waals surface area contributed by atoms with Gasteiger partial charge in [-0.3, -0.25) is 4.79 Å². The van der Waals surface area contributed by atoms with Crippen molar-refractivity contribution in [3.05, 3.63) is 35.0 Å². The number of rotatable bonds is 5. The fourth-order valence-corrected chi connectivity index (χ4v) is 2.21. The number of hydrogen-bond donors (Lipinski definition) is 3. The van der Waals surface area contributed by atoms with Crippen molar-refractivity contribution in [3.8, 4) is 6.07 Å². The van der Waals surface area contributed by atoms with Crippen molar-refractivity contribution in [2.45, 2.75) is 18.9 Å². The molecule has 4 N–H and O–H groups in total.